The summed E-state index contributed by atoms with van der Waals surface area (Å²) in [4.78, 5) is 75.1. The molecule has 0 spiro atoms. The molecule has 14 N–H and O–H groups in total. The second kappa shape index (κ2) is 47.5. The van der Waals surface area contributed by atoms with Gasteiger partial charge in [0.15, 0.2) is 0 Å². The monoisotopic (exact) mass is 1780 g/mol. The van der Waals surface area contributed by atoms with Crippen molar-refractivity contribution in [1.82, 2.24) is 29.9 Å². The molecule has 44 nitrogen and oxygen atoms in total. The molecule has 0 saturated carbocycles. The molecule has 0 atom stereocenters. The first-order valence-corrected chi connectivity index (χ1v) is 42.2. The first-order chi connectivity index (χ1) is 59.9. The van der Waals surface area contributed by atoms with Crippen molar-refractivity contribution in [3.8, 4) is 23.0 Å². The zero-order chi connectivity index (χ0) is 88.1. The second-order valence-electron chi connectivity index (χ2n) is 25.6. The van der Waals surface area contributed by atoms with Crippen LogP contribution in [-0.4, -0.2) is 173 Å². The first kappa shape index (κ1) is 92.6. The van der Waals surface area contributed by atoms with Gasteiger partial charge in [-0.1, -0.05) is 47.2 Å². The maximum absolute atomic E-state index is 11.7. The highest BCUT2D eigenvalue weighted by molar-refractivity contribution is 7.94. The zero-order valence-corrected chi connectivity index (χ0v) is 68.2. The van der Waals surface area contributed by atoms with Gasteiger partial charge in [-0.25, -0.2) is 29.7 Å². The maximum Gasteiger partial charge on any atom is 0.335 e. The number of nitrogens with zero attached hydrogens (tertiary/aromatic N) is 14. The summed E-state index contributed by atoms with van der Waals surface area (Å²) in [7, 11) is -8.75. The molecule has 0 radical (unpaired) electrons. The van der Waals surface area contributed by atoms with Gasteiger partial charge in [0.05, 0.1) is 128 Å². The van der Waals surface area contributed by atoms with E-state index in [0.717, 1.165) is 24.1 Å². The number of ether oxygens (including phenoxy) is 4. The van der Waals surface area contributed by atoms with Gasteiger partial charge in [-0.15, -0.1) is 8.67 Å². The summed E-state index contributed by atoms with van der Waals surface area (Å²) in [6, 6.07) is 42.0. The normalized spacial score (nSPS) is 11.6. The minimum atomic E-state index is -4.37. The van der Waals surface area contributed by atoms with E-state index in [-0.39, 0.29) is 166 Å². The number of carbonyl (C=O) groups is 4. The van der Waals surface area contributed by atoms with Crippen LogP contribution >= 0.6 is 24.1 Å². The van der Waals surface area contributed by atoms with E-state index in [1.807, 2.05) is 0 Å². The summed E-state index contributed by atoms with van der Waals surface area (Å²) < 4.78 is 99.6. The Morgan fingerprint density at radius 2 is 0.573 bits per heavy atom. The van der Waals surface area contributed by atoms with Gasteiger partial charge in [0, 0.05) is 72.9 Å². The van der Waals surface area contributed by atoms with E-state index in [2.05, 4.69) is 91.6 Å². The molecule has 0 saturated heterocycles. The topological polar surface area (TPSA) is 621 Å². The number of anilines is 10. The number of benzene rings is 8. The summed E-state index contributed by atoms with van der Waals surface area (Å²) >= 11 is 1.64. The first-order valence-electron chi connectivity index (χ1n) is 37.1. The number of hydrogen-bond acceptors (Lipinski definition) is 40. The van der Waals surface area contributed by atoms with E-state index in [9.17, 15) is 65.5 Å². The lowest BCUT2D eigenvalue weighted by molar-refractivity contribution is -0.432. The van der Waals surface area contributed by atoms with Crippen molar-refractivity contribution in [3.63, 3.8) is 0 Å². The number of unbranched alkanes of at least 4 members (excludes halogenated alkanes) is 3. The van der Waals surface area contributed by atoms with Crippen LogP contribution in [0.15, 0.2) is 211 Å². The fraction of sp³-hybridized carbons (Fsp3) is 0.237. The van der Waals surface area contributed by atoms with Crippen LogP contribution in [0.3, 0.4) is 0 Å². The molecule has 0 aliphatic carbocycles. The standard InChI is InChI=1S/C76H78N20O24S4/c97-67(98)47-13-5-17-51(39-47)89-93-55-21-25-59(63(43-55)113-31-9-35-121-119-117-105)79-73-83-71(85-75(87-73)81-61-27-23-57(45-65(61)115-33-11-37-123(107,108)109)95-91-53-19-7-15-49(41-53)69(101)102)77-29-3-1-2-4-30-78-72-84-74(80-60-26-22-56(44-64(60)114-32-10-36-122-120-118-106)94-90-52-18-6-14-48(40-52)68(99)100)88-76(86-72)82-62-28-24-58(46-66(62)116-34-12-38-124(110,111)112)96-92-54-20-8-16-50(42-54)70(103)104/h5-8,13-28,39-46,105-106H,1-4,9-12,29-38H2,(H,97,98)(H,99,100)(H,101,102)(H,103,104)(H,107,108,109)(H,110,111,112)(H3,77,79,81,83,85,87)(H3,78,80,82,84,86,88). The highest BCUT2D eigenvalue weighted by atomic mass is 32.2. The number of aromatic nitrogens is 6. The van der Waals surface area contributed by atoms with E-state index < -0.39 is 55.6 Å². The number of azo groups is 4. The van der Waals surface area contributed by atoms with Gasteiger partial charge in [-0.05, 0) is 160 Å². The van der Waals surface area contributed by atoms with Crippen molar-refractivity contribution in [2.45, 2.75) is 51.4 Å². The van der Waals surface area contributed by atoms with Crippen LogP contribution in [0.25, 0.3) is 0 Å². The SMILES string of the molecule is O=C(O)c1cccc(N=Nc2ccc(Nc3nc(NCCCCCCNc4nc(Nc5ccc(N=Nc6cccc(C(=O)O)c6)cc5OCCCSOOO)nc(Nc5ccc(N=Nc6cccc(C(=O)O)c6)cc5OCCCS(=O)(=O)O)n4)nc(Nc4ccc(N=Nc5cccc(C(=O)O)c5)cc4OCCCS(=O)(=O)O)n3)c(OCCCSOOO)c2)c1. The van der Waals surface area contributed by atoms with Gasteiger partial charge >= 0.3 is 23.9 Å². The summed E-state index contributed by atoms with van der Waals surface area (Å²) in [5.74, 6) is -4.69. The van der Waals surface area contributed by atoms with Crippen molar-refractivity contribution < 1.29 is 114 Å². The molecule has 0 bridgehead atoms. The third kappa shape index (κ3) is 32.1. The second-order valence-corrected chi connectivity index (χ2v) is 30.3. The van der Waals surface area contributed by atoms with Crippen molar-refractivity contribution in [3.05, 3.63) is 192 Å². The van der Waals surface area contributed by atoms with Crippen molar-refractivity contribution >= 4 is 172 Å². The third-order valence-electron chi connectivity index (χ3n) is 16.3. The van der Waals surface area contributed by atoms with Gasteiger partial charge in [0.25, 0.3) is 20.2 Å². The Hall–Kier alpha value is -13.7. The molecular formula is C76H78N20O24S4. The van der Waals surface area contributed by atoms with Crippen LogP contribution in [0.1, 0.15) is 92.8 Å². The Kier molecular flexibility index (Phi) is 35.5. The Bertz CT molecular complexity index is 5370. The predicted octanol–water partition coefficient (Wildman–Crippen LogP) is 17.6. The van der Waals surface area contributed by atoms with Crippen LogP contribution in [0, 0.1) is 0 Å². The summed E-state index contributed by atoms with van der Waals surface area (Å²) in [6.07, 6.45) is 2.88. The fourth-order valence-corrected chi connectivity index (χ4v) is 12.3. The number of carboxylic acid groups (broad SMARTS) is 4. The van der Waals surface area contributed by atoms with E-state index in [1.165, 1.54) is 84.9 Å². The molecule has 10 aromatic rings. The maximum atomic E-state index is 11.7. The zero-order valence-electron chi connectivity index (χ0n) is 64.9. The smallest absolute Gasteiger partial charge is 0.335 e. The molecule has 8 aromatic carbocycles. The van der Waals surface area contributed by atoms with Crippen LogP contribution < -0.4 is 50.8 Å². The van der Waals surface area contributed by atoms with E-state index in [0.29, 0.717) is 85.9 Å². The van der Waals surface area contributed by atoms with Crippen LogP contribution in [0.4, 0.5) is 104 Å². The quantitative estimate of drug-likeness (QED) is 0.00420. The molecule has 0 unspecified atom stereocenters. The van der Waals surface area contributed by atoms with Crippen molar-refractivity contribution in [2.75, 3.05) is 94.4 Å². The van der Waals surface area contributed by atoms with Crippen molar-refractivity contribution in [1.29, 1.82) is 0 Å². The Labute approximate surface area is 713 Å². The molecule has 2 aromatic heterocycles. The molecule has 0 fully saturated rings. The highest BCUT2D eigenvalue weighted by Gasteiger charge is 2.20. The minimum Gasteiger partial charge on any atom is -0.491 e. The summed E-state index contributed by atoms with van der Waals surface area (Å²) in [5.41, 5.74) is 3.05. The van der Waals surface area contributed by atoms with E-state index in [1.54, 1.807) is 84.9 Å². The molecule has 2 heterocycles. The average molecular weight is 1780 g/mol. The Balaban J connectivity index is 0.907. The number of aromatic carboxylic acids is 4. The largest absolute Gasteiger partial charge is 0.491 e. The lowest BCUT2D eigenvalue weighted by Gasteiger charge is -2.16. The average Bonchev–Trinajstić information content (AvgIpc) is 0.818. The summed E-state index contributed by atoms with van der Waals surface area (Å²) in [5, 5.41) is 116. The van der Waals surface area contributed by atoms with Gasteiger partial charge in [0.2, 0.25) is 35.7 Å². The summed E-state index contributed by atoms with van der Waals surface area (Å²) in [6.45, 7) is 0.366. The van der Waals surface area contributed by atoms with Gasteiger partial charge < -0.3 is 71.3 Å². The van der Waals surface area contributed by atoms with Crippen LogP contribution in [0.5, 0.6) is 23.0 Å². The van der Waals surface area contributed by atoms with E-state index >= 15 is 0 Å². The van der Waals surface area contributed by atoms with Gasteiger partial charge in [-0.3, -0.25) is 9.11 Å². The predicted molar refractivity (Wildman–Crippen MR) is 452 cm³/mol. The molecular weight excluding hydrogens is 1710 g/mol. The highest BCUT2D eigenvalue weighted by Crippen LogP contribution is 2.39. The third-order valence-corrected chi connectivity index (χ3v) is 19.1. The minimum absolute atomic E-state index is 0.00392. The van der Waals surface area contributed by atoms with Crippen LogP contribution in [0.2, 0.25) is 0 Å². The van der Waals surface area contributed by atoms with Crippen molar-refractivity contribution in [2.24, 2.45) is 40.9 Å². The molecule has 48 heteroatoms. The van der Waals surface area contributed by atoms with E-state index in [4.69, 9.17) is 59.4 Å². The molecule has 650 valence electrons. The van der Waals surface area contributed by atoms with Crippen LogP contribution in [-0.2, 0) is 39.0 Å². The number of carboxylic acids is 4. The number of hydrogen-bond donors (Lipinski definition) is 14. The van der Waals surface area contributed by atoms with Gasteiger partial charge in [-0.2, -0.15) is 87.7 Å². The number of rotatable bonds is 53. The number of nitrogens with one attached hydrogen (secondary N) is 6. The molecule has 0 aliphatic rings. The fourth-order valence-electron chi connectivity index (χ4n) is 10.6. The lowest BCUT2D eigenvalue weighted by Crippen LogP contribution is -2.12. The van der Waals surface area contributed by atoms with Gasteiger partial charge in [0.1, 0.15) is 23.0 Å². The molecule has 10 rings (SSSR count). The Morgan fingerprint density at radius 3 is 0.823 bits per heavy atom. The molecule has 124 heavy (non-hydrogen) atoms. The Morgan fingerprint density at radius 1 is 0.323 bits per heavy atom. The molecule has 0 amide bonds. The molecule has 0 aliphatic heterocycles. The lowest BCUT2D eigenvalue weighted by atomic mass is 10.2.